The van der Waals surface area contributed by atoms with E-state index in [2.05, 4.69) is 10.2 Å². The quantitative estimate of drug-likeness (QED) is 0.905. The molecule has 0 spiro atoms. The number of rotatable bonds is 4. The lowest BCUT2D eigenvalue weighted by molar-refractivity contribution is 0.0995. The third kappa shape index (κ3) is 2.92. The van der Waals surface area contributed by atoms with Gasteiger partial charge in [0.2, 0.25) is 0 Å². The van der Waals surface area contributed by atoms with Crippen molar-refractivity contribution in [3.8, 4) is 0 Å². The minimum Gasteiger partial charge on any atom is -0.455 e. The van der Waals surface area contributed by atoms with Gasteiger partial charge in [0.05, 0.1) is 17.9 Å². The molecule has 0 radical (unpaired) electrons. The van der Waals surface area contributed by atoms with E-state index in [1.807, 2.05) is 24.3 Å². The molecular formula is C16H19N3O2. The highest BCUT2D eigenvalue weighted by atomic mass is 16.4. The molecule has 2 heterocycles. The first kappa shape index (κ1) is 13.7. The standard InChI is InChI=1S/C16H19N3O2/c17-11-12-7-8-15(21-12)16(20)18-13-5-1-2-6-14(13)19-9-3-4-10-19/h1-2,5-8H,3-4,9-11,17H2,(H,18,20). The average Bonchev–Trinajstić information content (AvgIpc) is 3.19. The van der Waals surface area contributed by atoms with Crippen LogP contribution >= 0.6 is 0 Å². The van der Waals surface area contributed by atoms with Crippen molar-refractivity contribution in [1.82, 2.24) is 0 Å². The van der Waals surface area contributed by atoms with E-state index in [1.54, 1.807) is 12.1 Å². The zero-order valence-corrected chi connectivity index (χ0v) is 11.8. The van der Waals surface area contributed by atoms with Crippen LogP contribution in [0.5, 0.6) is 0 Å². The van der Waals surface area contributed by atoms with Gasteiger partial charge in [-0.2, -0.15) is 0 Å². The fourth-order valence-corrected chi connectivity index (χ4v) is 2.61. The van der Waals surface area contributed by atoms with E-state index in [-0.39, 0.29) is 18.2 Å². The maximum absolute atomic E-state index is 12.2. The highest BCUT2D eigenvalue weighted by Gasteiger charge is 2.18. The van der Waals surface area contributed by atoms with Crippen molar-refractivity contribution in [2.45, 2.75) is 19.4 Å². The van der Waals surface area contributed by atoms with E-state index in [9.17, 15) is 4.79 Å². The number of benzene rings is 1. The Labute approximate surface area is 123 Å². The minimum absolute atomic E-state index is 0.249. The molecule has 3 N–H and O–H groups in total. The van der Waals surface area contributed by atoms with Gasteiger partial charge in [-0.15, -0.1) is 0 Å². The van der Waals surface area contributed by atoms with Gasteiger partial charge in [-0.1, -0.05) is 12.1 Å². The third-order valence-corrected chi connectivity index (χ3v) is 3.69. The summed E-state index contributed by atoms with van der Waals surface area (Å²) < 4.78 is 5.38. The monoisotopic (exact) mass is 285 g/mol. The summed E-state index contributed by atoms with van der Waals surface area (Å²) in [6.07, 6.45) is 2.39. The first-order chi connectivity index (χ1) is 10.3. The molecule has 3 rings (SSSR count). The Morgan fingerprint density at radius 3 is 2.67 bits per heavy atom. The average molecular weight is 285 g/mol. The number of anilines is 2. The Hall–Kier alpha value is -2.27. The number of furan rings is 1. The number of carbonyl (C=O) groups excluding carboxylic acids is 1. The Morgan fingerprint density at radius 2 is 1.95 bits per heavy atom. The van der Waals surface area contributed by atoms with Gasteiger partial charge in [-0.25, -0.2) is 0 Å². The van der Waals surface area contributed by atoms with E-state index in [0.717, 1.165) is 24.5 Å². The highest BCUT2D eigenvalue weighted by molar-refractivity contribution is 6.04. The lowest BCUT2D eigenvalue weighted by Gasteiger charge is -2.21. The lowest BCUT2D eigenvalue weighted by atomic mass is 10.2. The molecule has 5 nitrogen and oxygen atoms in total. The number of nitrogens with one attached hydrogen (secondary N) is 1. The van der Waals surface area contributed by atoms with Gasteiger partial charge in [0.1, 0.15) is 5.76 Å². The summed E-state index contributed by atoms with van der Waals surface area (Å²) in [6, 6.07) is 11.2. The second kappa shape index (κ2) is 6.01. The van der Waals surface area contributed by atoms with E-state index >= 15 is 0 Å². The molecule has 0 unspecified atom stereocenters. The molecule has 110 valence electrons. The molecule has 1 amide bonds. The molecule has 1 saturated heterocycles. The molecule has 0 bridgehead atoms. The number of carbonyl (C=O) groups is 1. The Kier molecular flexibility index (Phi) is 3.92. The summed E-state index contributed by atoms with van der Waals surface area (Å²) >= 11 is 0. The van der Waals surface area contributed by atoms with Crippen molar-refractivity contribution in [2.24, 2.45) is 5.73 Å². The molecule has 1 aliphatic heterocycles. The van der Waals surface area contributed by atoms with Crippen molar-refractivity contribution >= 4 is 17.3 Å². The molecule has 21 heavy (non-hydrogen) atoms. The van der Waals surface area contributed by atoms with E-state index in [1.165, 1.54) is 12.8 Å². The zero-order chi connectivity index (χ0) is 14.7. The second-order valence-electron chi connectivity index (χ2n) is 5.14. The summed E-state index contributed by atoms with van der Waals surface area (Å²) in [5.41, 5.74) is 7.37. The summed E-state index contributed by atoms with van der Waals surface area (Å²) in [4.78, 5) is 14.5. The number of amides is 1. The first-order valence-corrected chi connectivity index (χ1v) is 7.22. The molecule has 0 aliphatic carbocycles. The van der Waals surface area contributed by atoms with Crippen LogP contribution in [0.4, 0.5) is 11.4 Å². The van der Waals surface area contributed by atoms with Crippen LogP contribution in [0.1, 0.15) is 29.2 Å². The van der Waals surface area contributed by atoms with E-state index in [0.29, 0.717) is 5.76 Å². The molecule has 5 heteroatoms. The smallest absolute Gasteiger partial charge is 0.291 e. The van der Waals surface area contributed by atoms with E-state index < -0.39 is 0 Å². The topological polar surface area (TPSA) is 71.5 Å². The number of hydrogen-bond acceptors (Lipinski definition) is 4. The summed E-state index contributed by atoms with van der Waals surface area (Å²) in [7, 11) is 0. The number of para-hydroxylation sites is 2. The summed E-state index contributed by atoms with van der Waals surface area (Å²) in [5, 5.41) is 2.93. The van der Waals surface area contributed by atoms with Crippen molar-refractivity contribution in [3.05, 3.63) is 47.9 Å². The summed E-state index contributed by atoms with van der Waals surface area (Å²) in [5.74, 6) is 0.640. The van der Waals surface area contributed by atoms with Crippen LogP contribution < -0.4 is 16.0 Å². The zero-order valence-electron chi connectivity index (χ0n) is 11.8. The van der Waals surface area contributed by atoms with Crippen molar-refractivity contribution in [2.75, 3.05) is 23.3 Å². The van der Waals surface area contributed by atoms with Gasteiger partial charge in [0, 0.05) is 13.1 Å². The van der Waals surface area contributed by atoms with Gasteiger partial charge in [0.25, 0.3) is 5.91 Å². The fourth-order valence-electron chi connectivity index (χ4n) is 2.61. The van der Waals surface area contributed by atoms with Crippen LogP contribution in [0, 0.1) is 0 Å². The molecule has 1 aromatic carbocycles. The van der Waals surface area contributed by atoms with Gasteiger partial charge in [-0.3, -0.25) is 4.79 Å². The minimum atomic E-state index is -0.249. The molecule has 1 aliphatic rings. The Bertz CT molecular complexity index is 630. The normalized spacial score (nSPS) is 14.4. The van der Waals surface area contributed by atoms with Gasteiger partial charge >= 0.3 is 0 Å². The molecule has 0 saturated carbocycles. The van der Waals surface area contributed by atoms with Crippen LogP contribution in [-0.2, 0) is 6.54 Å². The maximum Gasteiger partial charge on any atom is 0.291 e. The Morgan fingerprint density at radius 1 is 1.19 bits per heavy atom. The number of nitrogens with two attached hydrogens (primary N) is 1. The van der Waals surface area contributed by atoms with Crippen LogP contribution in [0.25, 0.3) is 0 Å². The van der Waals surface area contributed by atoms with Crippen molar-refractivity contribution in [1.29, 1.82) is 0 Å². The predicted octanol–water partition coefficient (Wildman–Crippen LogP) is 2.59. The number of nitrogens with zero attached hydrogens (tertiary/aromatic N) is 1. The molecule has 2 aromatic rings. The fraction of sp³-hybridized carbons (Fsp3) is 0.312. The second-order valence-corrected chi connectivity index (χ2v) is 5.14. The Balaban J connectivity index is 1.79. The van der Waals surface area contributed by atoms with Crippen LogP contribution in [0.3, 0.4) is 0 Å². The molecule has 1 aromatic heterocycles. The van der Waals surface area contributed by atoms with E-state index in [4.69, 9.17) is 10.2 Å². The van der Waals surface area contributed by atoms with Crippen molar-refractivity contribution < 1.29 is 9.21 Å². The largest absolute Gasteiger partial charge is 0.455 e. The first-order valence-electron chi connectivity index (χ1n) is 7.22. The highest BCUT2D eigenvalue weighted by Crippen LogP contribution is 2.29. The maximum atomic E-state index is 12.2. The van der Waals surface area contributed by atoms with Crippen molar-refractivity contribution in [3.63, 3.8) is 0 Å². The third-order valence-electron chi connectivity index (χ3n) is 3.69. The van der Waals surface area contributed by atoms with Crippen LogP contribution in [0.15, 0.2) is 40.8 Å². The molecule has 0 atom stereocenters. The molecular weight excluding hydrogens is 266 g/mol. The van der Waals surface area contributed by atoms with Crippen LogP contribution in [0.2, 0.25) is 0 Å². The lowest BCUT2D eigenvalue weighted by Crippen LogP contribution is -2.21. The van der Waals surface area contributed by atoms with Gasteiger partial charge in [-0.05, 0) is 37.1 Å². The van der Waals surface area contributed by atoms with Crippen LogP contribution in [-0.4, -0.2) is 19.0 Å². The SMILES string of the molecule is NCc1ccc(C(=O)Nc2ccccc2N2CCCC2)o1. The number of hydrogen-bond donors (Lipinski definition) is 2. The van der Waals surface area contributed by atoms with Gasteiger partial charge < -0.3 is 20.4 Å². The predicted molar refractivity (Wildman–Crippen MR) is 82.4 cm³/mol. The molecule has 1 fully saturated rings. The summed E-state index contributed by atoms with van der Waals surface area (Å²) in [6.45, 7) is 2.35. The van der Waals surface area contributed by atoms with Gasteiger partial charge in [0.15, 0.2) is 5.76 Å².